The van der Waals surface area contributed by atoms with Crippen LogP contribution in [0.2, 0.25) is 0 Å². The molecular weight excluding hydrogens is 300 g/mol. The predicted octanol–water partition coefficient (Wildman–Crippen LogP) is 5.31. The summed E-state index contributed by atoms with van der Waals surface area (Å²) in [4.78, 5) is 16.8. The van der Waals surface area contributed by atoms with E-state index < -0.39 is 0 Å². The van der Waals surface area contributed by atoms with E-state index in [1.165, 1.54) is 32.1 Å². The first-order valence-corrected chi connectivity index (χ1v) is 8.72. The fourth-order valence-electron chi connectivity index (χ4n) is 3.98. The zero-order valence-electron chi connectivity index (χ0n) is 14.2. The normalized spacial score (nSPS) is 15.9. The lowest BCUT2D eigenvalue weighted by molar-refractivity contribution is 0.101. The van der Waals surface area contributed by atoms with Crippen molar-refractivity contribution in [3.8, 4) is 11.4 Å². The molecule has 0 bridgehead atoms. The summed E-state index contributed by atoms with van der Waals surface area (Å²) in [7, 11) is 0. The van der Waals surface area contributed by atoms with Crippen LogP contribution in [0.1, 0.15) is 61.0 Å². The van der Waals surface area contributed by atoms with Crippen molar-refractivity contribution in [3.63, 3.8) is 0 Å². The molecule has 1 fully saturated rings. The molecule has 2 aromatic heterocycles. The highest BCUT2D eigenvalue weighted by Crippen LogP contribution is 2.37. The van der Waals surface area contributed by atoms with Gasteiger partial charge in [-0.3, -0.25) is 4.79 Å². The van der Waals surface area contributed by atoms with Crippen LogP contribution >= 0.6 is 0 Å². The number of Topliss-reactive ketones (excluding diaryl/α,β-unsaturated/α-hetero) is 1. The minimum Gasteiger partial charge on any atom is -0.472 e. The molecule has 1 saturated carbocycles. The zero-order chi connectivity index (χ0) is 16.7. The third-order valence-corrected chi connectivity index (χ3v) is 5.21. The number of carbonyl (C=O) groups is 1. The minimum absolute atomic E-state index is 0.0893. The van der Waals surface area contributed by atoms with Gasteiger partial charge in [0.2, 0.25) is 0 Å². The van der Waals surface area contributed by atoms with Crippen molar-refractivity contribution in [2.45, 2.75) is 52.0 Å². The zero-order valence-corrected chi connectivity index (χ0v) is 14.2. The Hall–Kier alpha value is -2.36. The molecule has 0 spiro atoms. The standard InChI is InChI=1S/C20H22N2O2/c1-13-17(14(2)23)8-9-18-19(13)21-20(15-10-11-24-12-15)22(18)16-6-4-3-5-7-16/h8-12,16H,3-7H2,1-2H3. The summed E-state index contributed by atoms with van der Waals surface area (Å²) in [6, 6.07) is 6.43. The Kier molecular flexibility index (Phi) is 3.75. The van der Waals surface area contributed by atoms with E-state index in [9.17, 15) is 4.79 Å². The quantitative estimate of drug-likeness (QED) is 0.614. The maximum absolute atomic E-state index is 11.9. The van der Waals surface area contributed by atoms with Gasteiger partial charge in [-0.1, -0.05) is 19.3 Å². The first-order chi connectivity index (χ1) is 11.7. The number of hydrogen-bond acceptors (Lipinski definition) is 3. The van der Waals surface area contributed by atoms with Gasteiger partial charge in [-0.2, -0.15) is 0 Å². The summed E-state index contributed by atoms with van der Waals surface area (Å²) in [6.45, 7) is 3.61. The number of aromatic nitrogens is 2. The number of aryl methyl sites for hydroxylation is 1. The Morgan fingerprint density at radius 3 is 2.67 bits per heavy atom. The van der Waals surface area contributed by atoms with E-state index in [0.29, 0.717) is 6.04 Å². The van der Waals surface area contributed by atoms with Crippen LogP contribution in [0, 0.1) is 6.92 Å². The third kappa shape index (κ3) is 2.37. The van der Waals surface area contributed by atoms with Crippen LogP contribution in [0.15, 0.2) is 35.1 Å². The Morgan fingerprint density at radius 2 is 2.00 bits per heavy atom. The van der Waals surface area contributed by atoms with Crippen LogP contribution in [-0.2, 0) is 0 Å². The molecule has 24 heavy (non-hydrogen) atoms. The van der Waals surface area contributed by atoms with Gasteiger partial charge in [-0.05, 0) is 50.5 Å². The summed E-state index contributed by atoms with van der Waals surface area (Å²) in [5, 5.41) is 0. The summed E-state index contributed by atoms with van der Waals surface area (Å²) in [6.07, 6.45) is 9.65. The molecule has 1 aliphatic rings. The van der Waals surface area contributed by atoms with Crippen molar-refractivity contribution in [1.82, 2.24) is 9.55 Å². The highest BCUT2D eigenvalue weighted by molar-refractivity contribution is 6.00. The molecule has 0 aliphatic heterocycles. The number of benzene rings is 1. The Labute approximate surface area is 141 Å². The second-order valence-electron chi connectivity index (χ2n) is 6.77. The molecule has 0 N–H and O–H groups in total. The van der Waals surface area contributed by atoms with Crippen LogP contribution in [0.5, 0.6) is 0 Å². The summed E-state index contributed by atoms with van der Waals surface area (Å²) in [5.74, 6) is 1.04. The van der Waals surface area contributed by atoms with E-state index in [1.54, 1.807) is 19.5 Å². The van der Waals surface area contributed by atoms with Crippen molar-refractivity contribution in [2.24, 2.45) is 0 Å². The van der Waals surface area contributed by atoms with E-state index in [-0.39, 0.29) is 5.78 Å². The molecule has 0 atom stereocenters. The monoisotopic (exact) mass is 322 g/mol. The molecule has 4 heteroatoms. The van der Waals surface area contributed by atoms with Gasteiger partial charge in [0, 0.05) is 11.6 Å². The molecule has 0 radical (unpaired) electrons. The number of hydrogen-bond donors (Lipinski definition) is 0. The maximum Gasteiger partial charge on any atom is 0.160 e. The van der Waals surface area contributed by atoms with Gasteiger partial charge in [0.05, 0.1) is 22.9 Å². The molecule has 0 unspecified atom stereocenters. The number of nitrogens with zero attached hydrogens (tertiary/aromatic N) is 2. The van der Waals surface area contributed by atoms with Crippen molar-refractivity contribution >= 4 is 16.8 Å². The number of furan rings is 1. The van der Waals surface area contributed by atoms with Gasteiger partial charge in [0.25, 0.3) is 0 Å². The van der Waals surface area contributed by atoms with Crippen LogP contribution in [0.3, 0.4) is 0 Å². The van der Waals surface area contributed by atoms with Gasteiger partial charge in [-0.15, -0.1) is 0 Å². The first-order valence-electron chi connectivity index (χ1n) is 8.72. The molecule has 1 aromatic carbocycles. The van der Waals surface area contributed by atoms with Crippen LogP contribution in [-0.4, -0.2) is 15.3 Å². The number of fused-ring (bicyclic) bond motifs is 1. The van der Waals surface area contributed by atoms with E-state index in [2.05, 4.69) is 10.6 Å². The number of carbonyl (C=O) groups excluding carboxylic acids is 1. The molecule has 1 aliphatic carbocycles. The van der Waals surface area contributed by atoms with Gasteiger partial charge in [-0.25, -0.2) is 4.98 Å². The second kappa shape index (κ2) is 5.93. The predicted molar refractivity (Wildman–Crippen MR) is 94.3 cm³/mol. The molecule has 2 heterocycles. The number of ketones is 1. The SMILES string of the molecule is CC(=O)c1ccc2c(nc(-c3ccoc3)n2C2CCCCC2)c1C. The first kappa shape index (κ1) is 15.2. The topological polar surface area (TPSA) is 48.0 Å². The maximum atomic E-state index is 11.9. The van der Waals surface area contributed by atoms with Crippen LogP contribution in [0.25, 0.3) is 22.4 Å². The molecule has 4 nitrogen and oxygen atoms in total. The smallest absolute Gasteiger partial charge is 0.160 e. The van der Waals surface area contributed by atoms with Crippen LogP contribution in [0.4, 0.5) is 0 Å². The lowest BCUT2D eigenvalue weighted by Crippen LogP contribution is -2.13. The Balaban J connectivity index is 1.98. The fraction of sp³-hybridized carbons (Fsp3) is 0.400. The van der Waals surface area contributed by atoms with E-state index >= 15 is 0 Å². The lowest BCUT2D eigenvalue weighted by Gasteiger charge is -2.25. The van der Waals surface area contributed by atoms with Crippen molar-refractivity contribution < 1.29 is 9.21 Å². The fourth-order valence-corrected chi connectivity index (χ4v) is 3.98. The van der Waals surface area contributed by atoms with E-state index in [1.807, 2.05) is 19.1 Å². The molecular formula is C20H22N2O2. The van der Waals surface area contributed by atoms with E-state index in [0.717, 1.165) is 33.5 Å². The highest BCUT2D eigenvalue weighted by Gasteiger charge is 2.24. The summed E-state index contributed by atoms with van der Waals surface area (Å²) in [5.41, 5.74) is 4.79. The van der Waals surface area contributed by atoms with Gasteiger partial charge in [0.15, 0.2) is 5.78 Å². The van der Waals surface area contributed by atoms with Crippen molar-refractivity contribution in [1.29, 1.82) is 0 Å². The Morgan fingerprint density at radius 1 is 1.21 bits per heavy atom. The molecule has 4 rings (SSSR count). The average Bonchev–Trinajstić information content (AvgIpc) is 3.23. The molecule has 0 amide bonds. The molecule has 0 saturated heterocycles. The van der Waals surface area contributed by atoms with Crippen LogP contribution < -0.4 is 0 Å². The van der Waals surface area contributed by atoms with Gasteiger partial charge < -0.3 is 8.98 Å². The van der Waals surface area contributed by atoms with Gasteiger partial charge >= 0.3 is 0 Å². The van der Waals surface area contributed by atoms with Crippen molar-refractivity contribution in [2.75, 3.05) is 0 Å². The highest BCUT2D eigenvalue weighted by atomic mass is 16.3. The number of rotatable bonds is 3. The summed E-state index contributed by atoms with van der Waals surface area (Å²) < 4.78 is 7.66. The molecule has 3 aromatic rings. The second-order valence-corrected chi connectivity index (χ2v) is 6.77. The third-order valence-electron chi connectivity index (χ3n) is 5.21. The van der Waals surface area contributed by atoms with Gasteiger partial charge in [0.1, 0.15) is 12.1 Å². The molecule has 124 valence electrons. The largest absolute Gasteiger partial charge is 0.472 e. The lowest BCUT2D eigenvalue weighted by atomic mass is 9.94. The van der Waals surface area contributed by atoms with Crippen molar-refractivity contribution in [3.05, 3.63) is 41.9 Å². The number of imidazole rings is 1. The summed E-state index contributed by atoms with van der Waals surface area (Å²) >= 11 is 0. The minimum atomic E-state index is 0.0893. The van der Waals surface area contributed by atoms with E-state index in [4.69, 9.17) is 9.40 Å². The average molecular weight is 322 g/mol. The Bertz CT molecular complexity index is 884.